The number of ether oxygens (including phenoxy) is 1. The third-order valence-electron chi connectivity index (χ3n) is 5.56. The normalized spacial score (nSPS) is 19.2. The monoisotopic (exact) mass is 428 g/mol. The molecule has 2 atom stereocenters. The van der Waals surface area contributed by atoms with Crippen LogP contribution in [0.15, 0.2) is 42.5 Å². The molecule has 160 valence electrons. The Hall–Kier alpha value is -2.38. The Morgan fingerprint density at radius 2 is 1.93 bits per heavy atom. The molecule has 0 bridgehead atoms. The fourth-order valence-electron chi connectivity index (χ4n) is 4.25. The maximum absolute atomic E-state index is 11.9. The zero-order valence-electron chi connectivity index (χ0n) is 17.4. The van der Waals surface area contributed by atoms with E-state index in [0.717, 1.165) is 33.7 Å². The minimum Gasteiger partial charge on any atom is -0.491 e. The first-order valence-electron chi connectivity index (χ1n) is 10.3. The number of hydrogen-bond acceptors (Lipinski definition) is 5. The molecule has 30 heavy (non-hydrogen) atoms. The highest BCUT2D eigenvalue weighted by Crippen LogP contribution is 2.25. The lowest BCUT2D eigenvalue weighted by atomic mass is 10.1. The molecule has 1 aromatic heterocycles. The molecule has 1 fully saturated rings. The first-order chi connectivity index (χ1) is 14.3. The van der Waals surface area contributed by atoms with Gasteiger partial charge in [0.25, 0.3) is 0 Å². The first kappa shape index (κ1) is 20.9. The van der Waals surface area contributed by atoms with Crippen molar-refractivity contribution in [3.63, 3.8) is 0 Å². The Morgan fingerprint density at radius 1 is 1.20 bits per heavy atom. The van der Waals surface area contributed by atoms with E-state index in [0.29, 0.717) is 19.4 Å². The van der Waals surface area contributed by atoms with Crippen molar-refractivity contribution in [3.8, 4) is 5.75 Å². The number of rotatable bonds is 7. The number of aryl methyl sites for hydroxylation is 2. The molecule has 6 nitrogen and oxygen atoms in total. The summed E-state index contributed by atoms with van der Waals surface area (Å²) in [6, 6.07) is 13.8. The van der Waals surface area contributed by atoms with Crippen LogP contribution < -0.4 is 4.74 Å². The molecule has 0 amide bonds. The standard InChI is InChI=1S/C23H28N2O4S/c1-16-9-17(2)11-20(10-16)29-14-19(26)13-25-22-6-4-3-5-21(22)24-23(25)12-18-7-8-30(27,28)15-18/h3-6,9-11,18-19,26H,7-8,12-15H2,1-2H3. The predicted molar refractivity (Wildman–Crippen MR) is 118 cm³/mol. The number of aliphatic hydroxyl groups excluding tert-OH is 1. The van der Waals surface area contributed by atoms with Crippen LogP contribution in [0.4, 0.5) is 0 Å². The van der Waals surface area contributed by atoms with Crippen molar-refractivity contribution in [2.45, 2.75) is 39.3 Å². The summed E-state index contributed by atoms with van der Waals surface area (Å²) in [5, 5.41) is 10.7. The molecule has 4 rings (SSSR count). The van der Waals surface area contributed by atoms with Crippen molar-refractivity contribution in [1.29, 1.82) is 0 Å². The number of nitrogens with zero attached hydrogens (tertiary/aromatic N) is 2. The summed E-state index contributed by atoms with van der Waals surface area (Å²) >= 11 is 0. The van der Waals surface area contributed by atoms with Gasteiger partial charge in [0.05, 0.1) is 29.1 Å². The zero-order chi connectivity index (χ0) is 21.3. The lowest BCUT2D eigenvalue weighted by Crippen LogP contribution is -2.25. The molecule has 7 heteroatoms. The summed E-state index contributed by atoms with van der Waals surface area (Å²) in [4.78, 5) is 4.73. The number of sulfone groups is 1. The van der Waals surface area contributed by atoms with Crippen LogP contribution in [0.1, 0.15) is 23.4 Å². The third kappa shape index (κ3) is 4.84. The lowest BCUT2D eigenvalue weighted by molar-refractivity contribution is 0.0925. The van der Waals surface area contributed by atoms with Crippen molar-refractivity contribution in [2.75, 3.05) is 18.1 Å². The van der Waals surface area contributed by atoms with Gasteiger partial charge >= 0.3 is 0 Å². The van der Waals surface area contributed by atoms with E-state index in [1.807, 2.05) is 54.8 Å². The minimum atomic E-state index is -2.93. The van der Waals surface area contributed by atoms with Crippen LogP contribution in [0.3, 0.4) is 0 Å². The maximum Gasteiger partial charge on any atom is 0.150 e. The van der Waals surface area contributed by atoms with Crippen molar-refractivity contribution in [1.82, 2.24) is 9.55 Å². The van der Waals surface area contributed by atoms with Crippen LogP contribution in [0.5, 0.6) is 5.75 Å². The molecule has 3 aromatic rings. The molecular formula is C23H28N2O4S. The lowest BCUT2D eigenvalue weighted by Gasteiger charge is -2.17. The number of fused-ring (bicyclic) bond motifs is 1. The van der Waals surface area contributed by atoms with E-state index >= 15 is 0 Å². The molecule has 1 aliphatic heterocycles. The Kier molecular flexibility index (Phi) is 5.84. The highest BCUT2D eigenvalue weighted by Gasteiger charge is 2.29. The molecule has 1 aliphatic rings. The number of aromatic nitrogens is 2. The second-order valence-electron chi connectivity index (χ2n) is 8.39. The van der Waals surface area contributed by atoms with E-state index < -0.39 is 15.9 Å². The Labute approximate surface area is 177 Å². The van der Waals surface area contributed by atoms with Gasteiger partial charge in [0, 0.05) is 6.42 Å². The predicted octanol–water partition coefficient (Wildman–Crippen LogP) is 3.07. The summed E-state index contributed by atoms with van der Waals surface area (Å²) in [5.41, 5.74) is 4.04. The van der Waals surface area contributed by atoms with Gasteiger partial charge in [-0.15, -0.1) is 0 Å². The van der Waals surface area contributed by atoms with E-state index in [1.165, 1.54) is 0 Å². The van der Waals surface area contributed by atoms with Crippen molar-refractivity contribution in [3.05, 3.63) is 59.4 Å². The topological polar surface area (TPSA) is 81.4 Å². The Morgan fingerprint density at radius 3 is 2.63 bits per heavy atom. The third-order valence-corrected chi connectivity index (χ3v) is 7.40. The molecule has 2 aromatic carbocycles. The van der Waals surface area contributed by atoms with Gasteiger partial charge in [-0.1, -0.05) is 18.2 Å². The minimum absolute atomic E-state index is 0.0780. The summed E-state index contributed by atoms with van der Waals surface area (Å²) in [6.45, 7) is 4.56. The van der Waals surface area contributed by atoms with Crippen LogP contribution in [0.25, 0.3) is 11.0 Å². The summed E-state index contributed by atoms with van der Waals surface area (Å²) in [6.07, 6.45) is 0.553. The van der Waals surface area contributed by atoms with Crippen LogP contribution in [-0.4, -0.2) is 47.3 Å². The summed E-state index contributed by atoms with van der Waals surface area (Å²) in [7, 11) is -2.93. The van der Waals surface area contributed by atoms with Gasteiger partial charge in [-0.25, -0.2) is 13.4 Å². The first-order valence-corrected chi connectivity index (χ1v) is 12.1. The average Bonchev–Trinajstić information content (AvgIpc) is 3.19. The number of benzene rings is 2. The van der Waals surface area contributed by atoms with Gasteiger partial charge < -0.3 is 14.4 Å². The van der Waals surface area contributed by atoms with Crippen LogP contribution in [-0.2, 0) is 22.8 Å². The molecule has 0 spiro atoms. The molecular weight excluding hydrogens is 400 g/mol. The summed E-state index contributed by atoms with van der Waals surface area (Å²) in [5.74, 6) is 2.12. The molecule has 2 heterocycles. The largest absolute Gasteiger partial charge is 0.491 e. The molecule has 0 saturated carbocycles. The van der Waals surface area contributed by atoms with Crippen LogP contribution >= 0.6 is 0 Å². The van der Waals surface area contributed by atoms with Gasteiger partial charge in [0.2, 0.25) is 0 Å². The van der Waals surface area contributed by atoms with Crippen molar-refractivity contribution >= 4 is 20.9 Å². The molecule has 0 aliphatic carbocycles. The van der Waals surface area contributed by atoms with E-state index in [2.05, 4.69) is 6.07 Å². The molecule has 2 unspecified atom stereocenters. The SMILES string of the molecule is Cc1cc(C)cc(OCC(O)Cn2c(CC3CCS(=O)(=O)C3)nc3ccccc32)c1. The number of hydrogen-bond donors (Lipinski definition) is 1. The highest BCUT2D eigenvalue weighted by molar-refractivity contribution is 7.91. The molecule has 1 N–H and O–H groups in total. The molecule has 0 radical (unpaired) electrons. The van der Waals surface area contributed by atoms with E-state index in [4.69, 9.17) is 9.72 Å². The fourth-order valence-corrected chi connectivity index (χ4v) is 6.11. The van der Waals surface area contributed by atoms with Gasteiger partial charge in [0.1, 0.15) is 24.3 Å². The van der Waals surface area contributed by atoms with Gasteiger partial charge in [-0.3, -0.25) is 0 Å². The second-order valence-corrected chi connectivity index (χ2v) is 10.6. The smallest absolute Gasteiger partial charge is 0.150 e. The second kappa shape index (κ2) is 8.40. The van der Waals surface area contributed by atoms with E-state index in [-0.39, 0.29) is 24.0 Å². The van der Waals surface area contributed by atoms with E-state index in [9.17, 15) is 13.5 Å². The van der Waals surface area contributed by atoms with Crippen LogP contribution in [0.2, 0.25) is 0 Å². The quantitative estimate of drug-likeness (QED) is 0.625. The van der Waals surface area contributed by atoms with Gasteiger partial charge in [-0.2, -0.15) is 0 Å². The molecule has 1 saturated heterocycles. The van der Waals surface area contributed by atoms with Crippen molar-refractivity contribution in [2.24, 2.45) is 5.92 Å². The number of imidazole rings is 1. The van der Waals surface area contributed by atoms with Gasteiger partial charge in [0.15, 0.2) is 9.84 Å². The average molecular weight is 429 g/mol. The van der Waals surface area contributed by atoms with Gasteiger partial charge in [-0.05, 0) is 61.6 Å². The number of aliphatic hydroxyl groups is 1. The Bertz CT molecular complexity index is 1130. The summed E-state index contributed by atoms with van der Waals surface area (Å²) < 4.78 is 31.5. The van der Waals surface area contributed by atoms with E-state index in [1.54, 1.807) is 0 Å². The number of para-hydroxylation sites is 2. The highest BCUT2D eigenvalue weighted by atomic mass is 32.2. The van der Waals surface area contributed by atoms with Crippen molar-refractivity contribution < 1.29 is 18.3 Å². The Balaban J connectivity index is 1.50. The maximum atomic E-state index is 11.9. The fraction of sp³-hybridized carbons (Fsp3) is 0.435. The van der Waals surface area contributed by atoms with Crippen LogP contribution in [0, 0.1) is 19.8 Å². The zero-order valence-corrected chi connectivity index (χ0v) is 18.2.